The van der Waals surface area contributed by atoms with Crippen LogP contribution in [0.1, 0.15) is 62.5 Å². The Kier molecular flexibility index (Phi) is 4.92. The normalized spacial score (nSPS) is 28.7. The molecule has 2 aromatic rings. The highest BCUT2D eigenvalue weighted by molar-refractivity contribution is 5.95. The van der Waals surface area contributed by atoms with Crippen molar-refractivity contribution in [1.29, 1.82) is 0 Å². The standard InChI is InChI=1S/C23H29FN2O4/c1-5-23(4)11-25(9-12(2)21(23)28)19-14-7-6-13(3)26-10-16(22(29)30)20(27)15(18(14)26)8-17(19)24/h8,10,12-13,21,28H,5-7,9,11H2,1-4H3,(H,29,30)/t12?,13-,21?,23?/m0/s1. The summed E-state index contributed by atoms with van der Waals surface area (Å²) in [6.07, 6.45) is 3.06. The topological polar surface area (TPSA) is 82.8 Å². The predicted octanol–water partition coefficient (Wildman–Crippen LogP) is 3.58. The van der Waals surface area contributed by atoms with Crippen LogP contribution in [0.25, 0.3) is 10.9 Å². The van der Waals surface area contributed by atoms with Crippen LogP contribution in [-0.2, 0) is 6.42 Å². The van der Waals surface area contributed by atoms with Gasteiger partial charge < -0.3 is 19.7 Å². The van der Waals surface area contributed by atoms with Gasteiger partial charge in [0, 0.05) is 47.6 Å². The zero-order valence-electron chi connectivity index (χ0n) is 17.9. The number of halogens is 1. The van der Waals surface area contributed by atoms with E-state index in [4.69, 9.17) is 0 Å². The third kappa shape index (κ3) is 2.94. The Balaban J connectivity index is 1.98. The maximum Gasteiger partial charge on any atom is 0.341 e. The minimum Gasteiger partial charge on any atom is -0.477 e. The van der Waals surface area contributed by atoms with Crippen LogP contribution in [-0.4, -0.2) is 39.9 Å². The largest absolute Gasteiger partial charge is 0.477 e. The first-order valence-corrected chi connectivity index (χ1v) is 10.7. The highest BCUT2D eigenvalue weighted by Gasteiger charge is 2.43. The quantitative estimate of drug-likeness (QED) is 0.799. The van der Waals surface area contributed by atoms with E-state index in [0.29, 0.717) is 30.7 Å². The molecular formula is C23H29FN2O4. The number of carboxylic acids is 1. The zero-order valence-corrected chi connectivity index (χ0v) is 17.9. The van der Waals surface area contributed by atoms with Crippen LogP contribution < -0.4 is 10.3 Å². The molecule has 2 N–H and O–H groups in total. The van der Waals surface area contributed by atoms with Crippen LogP contribution in [0.15, 0.2) is 17.1 Å². The summed E-state index contributed by atoms with van der Waals surface area (Å²) in [4.78, 5) is 26.4. The van der Waals surface area contributed by atoms with Crippen molar-refractivity contribution in [2.24, 2.45) is 11.3 Å². The van der Waals surface area contributed by atoms with Crippen LogP contribution in [0.5, 0.6) is 0 Å². The molecule has 0 aliphatic carbocycles. The second-order valence-corrected chi connectivity index (χ2v) is 9.36. The van der Waals surface area contributed by atoms with E-state index in [9.17, 15) is 19.8 Å². The van der Waals surface area contributed by atoms with Crippen LogP contribution in [0.3, 0.4) is 0 Å². The summed E-state index contributed by atoms with van der Waals surface area (Å²) < 4.78 is 17.3. The molecule has 2 aliphatic heterocycles. The molecule has 1 saturated heterocycles. The average molecular weight is 416 g/mol. The average Bonchev–Trinajstić information content (AvgIpc) is 2.69. The molecule has 1 aromatic carbocycles. The van der Waals surface area contributed by atoms with Crippen molar-refractivity contribution >= 4 is 22.6 Å². The minimum atomic E-state index is -1.30. The fourth-order valence-corrected chi connectivity index (χ4v) is 5.35. The Hall–Kier alpha value is -2.41. The van der Waals surface area contributed by atoms with Gasteiger partial charge in [0.05, 0.1) is 17.3 Å². The van der Waals surface area contributed by atoms with E-state index in [1.807, 2.05) is 37.2 Å². The molecule has 0 radical (unpaired) electrons. The van der Waals surface area contributed by atoms with E-state index in [-0.39, 0.29) is 28.3 Å². The summed E-state index contributed by atoms with van der Waals surface area (Å²) in [5.41, 5.74) is 0.555. The lowest BCUT2D eigenvalue weighted by atomic mass is 9.72. The summed E-state index contributed by atoms with van der Waals surface area (Å²) in [5.74, 6) is -1.82. The molecule has 162 valence electrons. The van der Waals surface area contributed by atoms with E-state index in [1.54, 1.807) is 0 Å². The lowest BCUT2D eigenvalue weighted by Gasteiger charge is -2.48. The van der Waals surface area contributed by atoms with Gasteiger partial charge in [0.2, 0.25) is 5.43 Å². The number of hydrogen-bond acceptors (Lipinski definition) is 4. The second-order valence-electron chi connectivity index (χ2n) is 9.36. The van der Waals surface area contributed by atoms with Gasteiger partial charge in [-0.15, -0.1) is 0 Å². The number of aryl methyl sites for hydroxylation is 1. The number of aromatic nitrogens is 1. The molecule has 2 aliphatic rings. The first kappa shape index (κ1) is 20.8. The molecule has 6 nitrogen and oxygen atoms in total. The molecule has 30 heavy (non-hydrogen) atoms. The maximum atomic E-state index is 15.5. The molecule has 0 amide bonds. The van der Waals surface area contributed by atoms with Crippen LogP contribution in [0.4, 0.5) is 10.1 Å². The third-order valence-electron chi connectivity index (χ3n) is 7.29. The monoisotopic (exact) mass is 416 g/mol. The highest BCUT2D eigenvalue weighted by atomic mass is 19.1. The molecule has 0 saturated carbocycles. The van der Waals surface area contributed by atoms with E-state index in [1.165, 1.54) is 12.3 Å². The minimum absolute atomic E-state index is 0.0139. The molecule has 1 fully saturated rings. The number of carboxylic acid groups (broad SMARTS) is 1. The second kappa shape index (κ2) is 7.08. The Bertz CT molecular complexity index is 1100. The van der Waals surface area contributed by atoms with Gasteiger partial charge in [-0.25, -0.2) is 9.18 Å². The number of nitrogens with zero attached hydrogens (tertiary/aromatic N) is 2. The number of pyridine rings is 1. The van der Waals surface area contributed by atoms with Gasteiger partial charge in [-0.05, 0) is 32.3 Å². The van der Waals surface area contributed by atoms with Gasteiger partial charge in [-0.3, -0.25) is 4.79 Å². The molecule has 4 atom stereocenters. The SMILES string of the molecule is CCC1(C)CN(c2c(F)cc3c(=O)c(C(=O)O)cn4c3c2CC[C@@H]4C)CC(C)C1O. The van der Waals surface area contributed by atoms with Gasteiger partial charge in [-0.2, -0.15) is 0 Å². The summed E-state index contributed by atoms with van der Waals surface area (Å²) in [5, 5.41) is 20.3. The summed E-state index contributed by atoms with van der Waals surface area (Å²) in [6.45, 7) is 9.08. The number of benzene rings is 1. The van der Waals surface area contributed by atoms with Gasteiger partial charge in [0.15, 0.2) is 0 Å². The number of aromatic carboxylic acids is 1. The first-order valence-electron chi connectivity index (χ1n) is 10.7. The number of hydrogen-bond donors (Lipinski definition) is 2. The summed E-state index contributed by atoms with van der Waals surface area (Å²) in [6, 6.07) is 1.22. The van der Waals surface area contributed by atoms with Crippen molar-refractivity contribution in [3.05, 3.63) is 39.4 Å². The van der Waals surface area contributed by atoms with Crippen LogP contribution in [0, 0.1) is 17.2 Å². The van der Waals surface area contributed by atoms with Crippen molar-refractivity contribution in [1.82, 2.24) is 4.57 Å². The molecular weight excluding hydrogens is 387 g/mol. The van der Waals surface area contributed by atoms with Crippen LogP contribution >= 0.6 is 0 Å². The molecule has 3 heterocycles. The van der Waals surface area contributed by atoms with Crippen LogP contribution in [0.2, 0.25) is 0 Å². The fraction of sp³-hybridized carbons (Fsp3) is 0.565. The molecule has 7 heteroatoms. The Morgan fingerprint density at radius 3 is 2.70 bits per heavy atom. The van der Waals surface area contributed by atoms with Crippen molar-refractivity contribution in [3.63, 3.8) is 0 Å². The highest BCUT2D eigenvalue weighted by Crippen LogP contribution is 2.43. The molecule has 4 rings (SSSR count). The molecule has 1 aromatic heterocycles. The van der Waals surface area contributed by atoms with Gasteiger partial charge in [0.1, 0.15) is 11.4 Å². The van der Waals surface area contributed by atoms with E-state index in [0.717, 1.165) is 18.4 Å². The molecule has 3 unspecified atom stereocenters. The van der Waals surface area contributed by atoms with E-state index >= 15 is 4.39 Å². The van der Waals surface area contributed by atoms with Gasteiger partial charge in [0.25, 0.3) is 0 Å². The Morgan fingerprint density at radius 2 is 2.07 bits per heavy atom. The van der Waals surface area contributed by atoms with Crippen molar-refractivity contribution in [2.75, 3.05) is 18.0 Å². The number of piperidine rings is 1. The lowest BCUT2D eigenvalue weighted by Crippen LogP contribution is -2.55. The summed E-state index contributed by atoms with van der Waals surface area (Å²) >= 11 is 0. The third-order valence-corrected chi connectivity index (χ3v) is 7.29. The van der Waals surface area contributed by atoms with Gasteiger partial charge in [-0.1, -0.05) is 20.8 Å². The number of carbonyl (C=O) groups is 1. The summed E-state index contributed by atoms with van der Waals surface area (Å²) in [7, 11) is 0. The Morgan fingerprint density at radius 1 is 1.37 bits per heavy atom. The van der Waals surface area contributed by atoms with E-state index in [2.05, 4.69) is 0 Å². The maximum absolute atomic E-state index is 15.5. The molecule has 0 spiro atoms. The smallest absolute Gasteiger partial charge is 0.341 e. The number of aliphatic hydroxyl groups is 1. The Labute approximate surface area is 174 Å². The lowest BCUT2D eigenvalue weighted by molar-refractivity contribution is -0.0178. The van der Waals surface area contributed by atoms with Crippen molar-refractivity contribution in [2.45, 2.75) is 59.1 Å². The van der Waals surface area contributed by atoms with Gasteiger partial charge >= 0.3 is 5.97 Å². The van der Waals surface area contributed by atoms with E-state index < -0.39 is 23.3 Å². The van der Waals surface area contributed by atoms with Crippen molar-refractivity contribution < 1.29 is 19.4 Å². The fourth-order valence-electron chi connectivity index (χ4n) is 5.35. The number of anilines is 1. The van der Waals surface area contributed by atoms with Crippen molar-refractivity contribution in [3.8, 4) is 0 Å². The number of aliphatic hydroxyl groups excluding tert-OH is 1. The first-order chi connectivity index (χ1) is 14.1. The predicted molar refractivity (Wildman–Crippen MR) is 114 cm³/mol. The number of rotatable bonds is 3. The zero-order chi connectivity index (χ0) is 22.0. The molecule has 0 bridgehead atoms.